The summed E-state index contributed by atoms with van der Waals surface area (Å²) in [6.07, 6.45) is 0. The molecule has 0 aliphatic rings. The molecular formula is C14H14BrFN2. The van der Waals surface area contributed by atoms with Crippen molar-refractivity contribution in [2.45, 2.75) is 13.0 Å². The number of nitrogens with one attached hydrogen (secondary N) is 1. The molecule has 94 valence electrons. The first-order valence-corrected chi connectivity index (χ1v) is 6.42. The van der Waals surface area contributed by atoms with E-state index in [4.69, 9.17) is 5.73 Å². The van der Waals surface area contributed by atoms with Gasteiger partial charge in [-0.1, -0.05) is 28.1 Å². The van der Waals surface area contributed by atoms with Crippen molar-refractivity contribution in [2.24, 2.45) is 0 Å². The molecule has 4 heteroatoms. The van der Waals surface area contributed by atoms with E-state index >= 15 is 0 Å². The molecular weight excluding hydrogens is 295 g/mol. The fraction of sp³-hybridized carbons (Fsp3) is 0.143. The summed E-state index contributed by atoms with van der Waals surface area (Å²) in [6, 6.07) is 12.1. The van der Waals surface area contributed by atoms with Gasteiger partial charge >= 0.3 is 0 Å². The molecule has 0 aliphatic carbocycles. The van der Waals surface area contributed by atoms with Crippen LogP contribution in [0, 0.1) is 5.82 Å². The van der Waals surface area contributed by atoms with E-state index in [1.807, 2.05) is 31.2 Å². The highest BCUT2D eigenvalue weighted by Gasteiger charge is 2.08. The maximum atomic E-state index is 13.1. The molecule has 0 saturated heterocycles. The van der Waals surface area contributed by atoms with E-state index in [0.717, 1.165) is 15.7 Å². The summed E-state index contributed by atoms with van der Waals surface area (Å²) in [7, 11) is 0. The van der Waals surface area contributed by atoms with E-state index in [2.05, 4.69) is 21.2 Å². The van der Waals surface area contributed by atoms with Gasteiger partial charge in [0.2, 0.25) is 0 Å². The Balaban J connectivity index is 2.21. The fourth-order valence-corrected chi connectivity index (χ4v) is 2.11. The maximum absolute atomic E-state index is 13.1. The van der Waals surface area contributed by atoms with Gasteiger partial charge in [0.05, 0.1) is 11.4 Å². The van der Waals surface area contributed by atoms with E-state index in [9.17, 15) is 4.39 Å². The topological polar surface area (TPSA) is 38.0 Å². The third-order valence-corrected chi connectivity index (χ3v) is 3.23. The SMILES string of the molecule is CC(Nc1cc(Br)ccc1N)c1cccc(F)c1. The Morgan fingerprint density at radius 1 is 1.22 bits per heavy atom. The molecule has 2 rings (SSSR count). The second-order valence-corrected chi connectivity index (χ2v) is 5.07. The van der Waals surface area contributed by atoms with E-state index in [0.29, 0.717) is 5.69 Å². The Bertz CT molecular complexity index is 557. The monoisotopic (exact) mass is 308 g/mol. The Labute approximate surface area is 114 Å². The second-order valence-electron chi connectivity index (χ2n) is 4.15. The summed E-state index contributed by atoms with van der Waals surface area (Å²) >= 11 is 3.40. The smallest absolute Gasteiger partial charge is 0.123 e. The average Bonchev–Trinajstić information content (AvgIpc) is 2.34. The number of hydrogen-bond acceptors (Lipinski definition) is 2. The molecule has 0 fully saturated rings. The molecule has 0 bridgehead atoms. The molecule has 0 aromatic heterocycles. The minimum Gasteiger partial charge on any atom is -0.397 e. The minimum atomic E-state index is -0.233. The Kier molecular flexibility index (Phi) is 3.87. The van der Waals surface area contributed by atoms with Crippen molar-refractivity contribution in [2.75, 3.05) is 11.1 Å². The van der Waals surface area contributed by atoms with Crippen LogP contribution in [-0.4, -0.2) is 0 Å². The van der Waals surface area contributed by atoms with Gasteiger partial charge in [-0.3, -0.25) is 0 Å². The van der Waals surface area contributed by atoms with Crippen molar-refractivity contribution in [3.63, 3.8) is 0 Å². The number of hydrogen-bond donors (Lipinski definition) is 2. The molecule has 1 atom stereocenters. The van der Waals surface area contributed by atoms with Crippen LogP contribution in [0.2, 0.25) is 0 Å². The van der Waals surface area contributed by atoms with Crippen LogP contribution in [0.4, 0.5) is 15.8 Å². The quantitative estimate of drug-likeness (QED) is 0.828. The van der Waals surface area contributed by atoms with Gasteiger partial charge in [0.25, 0.3) is 0 Å². The molecule has 2 aromatic carbocycles. The third kappa shape index (κ3) is 3.01. The lowest BCUT2D eigenvalue weighted by Crippen LogP contribution is -2.08. The molecule has 0 heterocycles. The largest absolute Gasteiger partial charge is 0.397 e. The lowest BCUT2D eigenvalue weighted by molar-refractivity contribution is 0.623. The van der Waals surface area contributed by atoms with Crippen molar-refractivity contribution >= 4 is 27.3 Å². The van der Waals surface area contributed by atoms with Crippen LogP contribution >= 0.6 is 15.9 Å². The van der Waals surface area contributed by atoms with Crippen LogP contribution in [0.3, 0.4) is 0 Å². The summed E-state index contributed by atoms with van der Waals surface area (Å²) < 4.78 is 14.1. The minimum absolute atomic E-state index is 0.0164. The predicted molar refractivity (Wildman–Crippen MR) is 77.0 cm³/mol. The van der Waals surface area contributed by atoms with Crippen molar-refractivity contribution in [3.8, 4) is 0 Å². The van der Waals surface area contributed by atoms with E-state index < -0.39 is 0 Å². The first kappa shape index (κ1) is 12.9. The molecule has 18 heavy (non-hydrogen) atoms. The highest BCUT2D eigenvalue weighted by atomic mass is 79.9. The van der Waals surface area contributed by atoms with Crippen LogP contribution in [0.25, 0.3) is 0 Å². The number of rotatable bonds is 3. The van der Waals surface area contributed by atoms with Gasteiger partial charge in [0, 0.05) is 10.5 Å². The summed E-state index contributed by atoms with van der Waals surface area (Å²) in [4.78, 5) is 0. The number of benzene rings is 2. The van der Waals surface area contributed by atoms with Gasteiger partial charge in [-0.05, 0) is 42.8 Å². The zero-order valence-corrected chi connectivity index (χ0v) is 11.5. The van der Waals surface area contributed by atoms with Crippen molar-refractivity contribution in [1.82, 2.24) is 0 Å². The Morgan fingerprint density at radius 2 is 2.00 bits per heavy atom. The third-order valence-electron chi connectivity index (χ3n) is 2.74. The molecule has 0 saturated carbocycles. The van der Waals surface area contributed by atoms with Gasteiger partial charge in [-0.25, -0.2) is 4.39 Å². The highest BCUT2D eigenvalue weighted by Crippen LogP contribution is 2.27. The van der Waals surface area contributed by atoms with Crippen molar-refractivity contribution in [1.29, 1.82) is 0 Å². The second kappa shape index (κ2) is 5.40. The molecule has 3 N–H and O–H groups in total. The summed E-state index contributed by atoms with van der Waals surface area (Å²) in [5.74, 6) is -0.233. The van der Waals surface area contributed by atoms with Crippen LogP contribution in [-0.2, 0) is 0 Å². The summed E-state index contributed by atoms with van der Waals surface area (Å²) in [6.45, 7) is 1.97. The van der Waals surface area contributed by atoms with Crippen molar-refractivity contribution < 1.29 is 4.39 Å². The first-order chi connectivity index (χ1) is 8.56. The van der Waals surface area contributed by atoms with Gasteiger partial charge in [-0.15, -0.1) is 0 Å². The van der Waals surface area contributed by atoms with Gasteiger partial charge in [0.15, 0.2) is 0 Å². The van der Waals surface area contributed by atoms with Crippen LogP contribution in [0.1, 0.15) is 18.5 Å². The van der Waals surface area contributed by atoms with E-state index in [1.165, 1.54) is 12.1 Å². The van der Waals surface area contributed by atoms with Crippen LogP contribution < -0.4 is 11.1 Å². The molecule has 0 spiro atoms. The molecule has 0 aliphatic heterocycles. The highest BCUT2D eigenvalue weighted by molar-refractivity contribution is 9.10. The normalized spacial score (nSPS) is 12.2. The Hall–Kier alpha value is -1.55. The summed E-state index contributed by atoms with van der Waals surface area (Å²) in [5.41, 5.74) is 8.27. The standard InChI is InChI=1S/C14H14BrFN2/c1-9(10-3-2-4-12(16)7-10)18-14-8-11(15)5-6-13(14)17/h2-9,18H,17H2,1H3. The number of halogens is 2. The maximum Gasteiger partial charge on any atom is 0.123 e. The first-order valence-electron chi connectivity index (χ1n) is 5.63. The molecule has 2 nitrogen and oxygen atoms in total. The van der Waals surface area contributed by atoms with Crippen LogP contribution in [0.5, 0.6) is 0 Å². The van der Waals surface area contributed by atoms with Crippen LogP contribution in [0.15, 0.2) is 46.9 Å². The lowest BCUT2D eigenvalue weighted by Gasteiger charge is -2.17. The average molecular weight is 309 g/mol. The number of anilines is 2. The molecule has 0 radical (unpaired) electrons. The van der Waals surface area contributed by atoms with E-state index in [-0.39, 0.29) is 11.9 Å². The Morgan fingerprint density at radius 3 is 2.72 bits per heavy atom. The van der Waals surface area contributed by atoms with Gasteiger partial charge < -0.3 is 11.1 Å². The molecule has 1 unspecified atom stereocenters. The predicted octanol–water partition coefficient (Wildman–Crippen LogP) is 4.34. The molecule has 2 aromatic rings. The number of nitrogen functional groups attached to an aromatic ring is 1. The van der Waals surface area contributed by atoms with E-state index in [1.54, 1.807) is 6.07 Å². The van der Waals surface area contributed by atoms with Gasteiger partial charge in [-0.2, -0.15) is 0 Å². The zero-order chi connectivity index (χ0) is 13.1. The fourth-order valence-electron chi connectivity index (χ4n) is 1.75. The van der Waals surface area contributed by atoms with Gasteiger partial charge in [0.1, 0.15) is 5.82 Å². The zero-order valence-electron chi connectivity index (χ0n) is 9.95. The lowest BCUT2D eigenvalue weighted by atomic mass is 10.1. The summed E-state index contributed by atoms with van der Waals surface area (Å²) in [5, 5.41) is 3.27. The molecule has 0 amide bonds. The number of nitrogens with two attached hydrogens (primary N) is 1. The van der Waals surface area contributed by atoms with Crippen molar-refractivity contribution in [3.05, 3.63) is 58.3 Å².